The minimum absolute atomic E-state index is 0.0278. The lowest BCUT2D eigenvalue weighted by atomic mass is 10.5. The molecule has 0 fully saturated rings. The lowest BCUT2D eigenvalue weighted by molar-refractivity contribution is -0.255. The zero-order valence-electron chi connectivity index (χ0n) is 4.30. The predicted octanol–water partition coefficient (Wildman–Crippen LogP) is -0.564. The molecule has 5 heteroatoms. The highest BCUT2D eigenvalue weighted by Gasteiger charge is 1.90. The maximum Gasteiger partial charge on any atom is 0.174 e. The number of carbonyl (C=O) groups excluding carboxylic acids is 1. The number of nitrogens with one attached hydrogen (secondary N) is 2. The average molecular weight is 143 g/mol. The lowest BCUT2D eigenvalue weighted by Gasteiger charge is -1.92. The summed E-state index contributed by atoms with van der Waals surface area (Å²) in [7, 11) is 0. The standard InChI is InChI=1S/C4H4N2O2S/c7-3(8)2-1-5-4(9)6-2/h1H,(H,7,8)(H2,5,6,9)/p-1. The number of hydrogen-bond acceptors (Lipinski definition) is 3. The molecule has 1 rings (SSSR count). The summed E-state index contributed by atoms with van der Waals surface area (Å²) >= 11 is 4.55. The first kappa shape index (κ1) is 6.03. The smallest absolute Gasteiger partial charge is 0.174 e. The van der Waals surface area contributed by atoms with Gasteiger partial charge in [0.1, 0.15) is 0 Å². The van der Waals surface area contributed by atoms with E-state index in [0.717, 1.165) is 0 Å². The van der Waals surface area contributed by atoms with Gasteiger partial charge in [0.2, 0.25) is 0 Å². The third-order valence-corrected chi connectivity index (χ3v) is 1.04. The second-order valence-electron chi connectivity index (χ2n) is 1.44. The van der Waals surface area contributed by atoms with Crippen LogP contribution >= 0.6 is 12.2 Å². The molecule has 9 heavy (non-hydrogen) atoms. The molecule has 0 unspecified atom stereocenters. The van der Waals surface area contributed by atoms with Gasteiger partial charge in [0.05, 0.1) is 11.7 Å². The van der Waals surface area contributed by atoms with E-state index in [2.05, 4.69) is 22.2 Å². The Labute approximate surface area is 55.5 Å². The van der Waals surface area contributed by atoms with Crippen LogP contribution in [0.1, 0.15) is 10.5 Å². The van der Waals surface area contributed by atoms with Crippen LogP contribution in [0.3, 0.4) is 0 Å². The summed E-state index contributed by atoms with van der Waals surface area (Å²) in [4.78, 5) is 14.9. The van der Waals surface area contributed by atoms with Crippen LogP contribution in [-0.4, -0.2) is 15.9 Å². The van der Waals surface area contributed by atoms with Crippen molar-refractivity contribution in [1.82, 2.24) is 9.97 Å². The average Bonchev–Trinajstić information content (AvgIpc) is 2.14. The molecular weight excluding hydrogens is 140 g/mol. The summed E-state index contributed by atoms with van der Waals surface area (Å²) in [6.45, 7) is 0. The maximum atomic E-state index is 10.0. The largest absolute Gasteiger partial charge is 0.543 e. The Kier molecular flexibility index (Phi) is 1.35. The number of H-pyrrole nitrogens is 2. The number of hydrogen-bond donors (Lipinski definition) is 2. The molecule has 48 valence electrons. The first-order valence-corrected chi connectivity index (χ1v) is 2.60. The van der Waals surface area contributed by atoms with E-state index in [1.165, 1.54) is 6.20 Å². The first-order valence-electron chi connectivity index (χ1n) is 2.19. The van der Waals surface area contributed by atoms with Crippen LogP contribution in [0, 0.1) is 4.77 Å². The molecule has 0 aromatic carbocycles. The molecule has 0 saturated carbocycles. The quantitative estimate of drug-likeness (QED) is 0.517. The molecule has 0 radical (unpaired) electrons. The highest BCUT2D eigenvalue weighted by molar-refractivity contribution is 7.71. The highest BCUT2D eigenvalue weighted by atomic mass is 32.1. The van der Waals surface area contributed by atoms with E-state index in [9.17, 15) is 9.90 Å². The van der Waals surface area contributed by atoms with Gasteiger partial charge in [-0.25, -0.2) is 0 Å². The molecule has 1 aromatic heterocycles. The van der Waals surface area contributed by atoms with Crippen molar-refractivity contribution >= 4 is 18.2 Å². The maximum absolute atomic E-state index is 10.0. The molecule has 0 saturated heterocycles. The molecule has 0 aliphatic rings. The Morgan fingerprint density at radius 1 is 1.78 bits per heavy atom. The molecule has 4 nitrogen and oxygen atoms in total. The summed E-state index contributed by atoms with van der Waals surface area (Å²) in [5.41, 5.74) is -0.0278. The van der Waals surface area contributed by atoms with Crippen molar-refractivity contribution in [2.75, 3.05) is 0 Å². The molecule has 0 bridgehead atoms. The van der Waals surface area contributed by atoms with Gasteiger partial charge in [0, 0.05) is 6.20 Å². The van der Waals surface area contributed by atoms with Gasteiger partial charge in [0.15, 0.2) is 4.77 Å². The second-order valence-corrected chi connectivity index (χ2v) is 1.85. The summed E-state index contributed by atoms with van der Waals surface area (Å²) in [5, 5.41) is 10.0. The molecule has 0 aliphatic heterocycles. The van der Waals surface area contributed by atoms with Crippen LogP contribution in [0.5, 0.6) is 0 Å². The Balaban J connectivity index is 3.12. The Hall–Kier alpha value is -1.10. The molecule has 0 amide bonds. The van der Waals surface area contributed by atoms with Crippen molar-refractivity contribution in [2.24, 2.45) is 0 Å². The lowest BCUT2D eigenvalue weighted by Crippen LogP contribution is -2.22. The van der Waals surface area contributed by atoms with Gasteiger partial charge in [-0.05, 0) is 12.2 Å². The topological polar surface area (TPSA) is 71.7 Å². The van der Waals surface area contributed by atoms with Crippen LogP contribution in [0.4, 0.5) is 0 Å². The number of carboxylic acid groups (broad SMARTS) is 1. The van der Waals surface area contributed by atoms with Gasteiger partial charge >= 0.3 is 0 Å². The van der Waals surface area contributed by atoms with Crippen molar-refractivity contribution < 1.29 is 9.90 Å². The summed E-state index contributed by atoms with van der Waals surface area (Å²) in [6.07, 6.45) is 1.25. The normalized spacial score (nSPS) is 9.33. The Morgan fingerprint density at radius 3 is 2.67 bits per heavy atom. The minimum Gasteiger partial charge on any atom is -0.543 e. The third kappa shape index (κ3) is 1.17. The van der Waals surface area contributed by atoms with E-state index in [-0.39, 0.29) is 10.5 Å². The number of carboxylic acids is 1. The van der Waals surface area contributed by atoms with Crippen molar-refractivity contribution in [2.45, 2.75) is 0 Å². The fraction of sp³-hybridized carbons (Fsp3) is 0. The number of carbonyl (C=O) groups is 1. The second kappa shape index (κ2) is 2.02. The van der Waals surface area contributed by atoms with E-state index in [0.29, 0.717) is 0 Å². The third-order valence-electron chi connectivity index (χ3n) is 0.816. The van der Waals surface area contributed by atoms with Gasteiger partial charge in [0.25, 0.3) is 0 Å². The van der Waals surface area contributed by atoms with Gasteiger partial charge < -0.3 is 19.9 Å². The van der Waals surface area contributed by atoms with Gasteiger partial charge in [-0.2, -0.15) is 0 Å². The molecule has 1 heterocycles. The number of aromatic nitrogens is 2. The molecular formula is C4H3N2O2S-. The molecule has 1 aromatic rings. The van der Waals surface area contributed by atoms with E-state index in [1.807, 2.05) is 0 Å². The SMILES string of the molecule is O=C([O-])c1c[nH]c(=S)[nH]1. The molecule has 0 spiro atoms. The summed E-state index contributed by atoms with van der Waals surface area (Å²) in [6, 6.07) is 0. The Morgan fingerprint density at radius 2 is 2.44 bits per heavy atom. The molecule has 2 N–H and O–H groups in total. The van der Waals surface area contributed by atoms with E-state index >= 15 is 0 Å². The number of imidazole rings is 1. The summed E-state index contributed by atoms with van der Waals surface area (Å²) in [5.74, 6) is -1.26. The predicted molar refractivity (Wildman–Crippen MR) is 30.3 cm³/mol. The zero-order chi connectivity index (χ0) is 6.85. The van der Waals surface area contributed by atoms with Gasteiger partial charge in [-0.3, -0.25) is 0 Å². The summed E-state index contributed by atoms with van der Waals surface area (Å²) < 4.78 is 0.286. The molecule has 0 aliphatic carbocycles. The number of aromatic carboxylic acids is 1. The fourth-order valence-electron chi connectivity index (χ4n) is 0.442. The van der Waals surface area contributed by atoms with E-state index in [4.69, 9.17) is 0 Å². The Bertz CT molecular complexity index is 274. The monoisotopic (exact) mass is 143 g/mol. The fourth-order valence-corrected chi connectivity index (χ4v) is 0.611. The number of rotatable bonds is 1. The highest BCUT2D eigenvalue weighted by Crippen LogP contribution is 1.88. The van der Waals surface area contributed by atoms with Crippen molar-refractivity contribution in [3.8, 4) is 0 Å². The van der Waals surface area contributed by atoms with E-state index < -0.39 is 5.97 Å². The molecule has 0 atom stereocenters. The van der Waals surface area contributed by atoms with Crippen LogP contribution in [-0.2, 0) is 0 Å². The van der Waals surface area contributed by atoms with Gasteiger partial charge in [-0.1, -0.05) is 0 Å². The van der Waals surface area contributed by atoms with Crippen molar-refractivity contribution in [3.63, 3.8) is 0 Å². The van der Waals surface area contributed by atoms with Crippen LogP contribution < -0.4 is 5.11 Å². The van der Waals surface area contributed by atoms with Gasteiger partial charge in [-0.15, -0.1) is 0 Å². The van der Waals surface area contributed by atoms with E-state index in [1.54, 1.807) is 0 Å². The zero-order valence-corrected chi connectivity index (χ0v) is 5.12. The number of aromatic amines is 2. The van der Waals surface area contributed by atoms with Crippen LogP contribution in [0.2, 0.25) is 0 Å². The van der Waals surface area contributed by atoms with Crippen LogP contribution in [0.15, 0.2) is 6.20 Å². The van der Waals surface area contributed by atoms with Crippen molar-refractivity contribution in [1.29, 1.82) is 0 Å². The van der Waals surface area contributed by atoms with Crippen LogP contribution in [0.25, 0.3) is 0 Å². The first-order chi connectivity index (χ1) is 4.20. The van der Waals surface area contributed by atoms with Crippen molar-refractivity contribution in [3.05, 3.63) is 16.7 Å². The minimum atomic E-state index is -1.26.